The van der Waals surface area contributed by atoms with Gasteiger partial charge in [0.05, 0.1) is 11.6 Å². The van der Waals surface area contributed by atoms with Crippen LogP contribution < -0.4 is 5.32 Å². The van der Waals surface area contributed by atoms with Crippen LogP contribution in [0.4, 0.5) is 0 Å². The van der Waals surface area contributed by atoms with E-state index in [0.29, 0.717) is 4.31 Å². The van der Waals surface area contributed by atoms with Gasteiger partial charge in [-0.25, -0.2) is 12.7 Å². The van der Waals surface area contributed by atoms with Crippen LogP contribution >= 0.6 is 0 Å². The van der Waals surface area contributed by atoms with E-state index in [1.807, 2.05) is 24.3 Å². The molecule has 1 heterocycles. The highest BCUT2D eigenvalue weighted by Gasteiger charge is 2.42. The average Bonchev–Trinajstić information content (AvgIpc) is 3.09. The third kappa shape index (κ3) is 2.51. The van der Waals surface area contributed by atoms with Crippen LogP contribution in [0.25, 0.3) is 0 Å². The normalized spacial score (nSPS) is 20.2. The molecule has 1 atom stereocenters. The van der Waals surface area contributed by atoms with Crippen molar-refractivity contribution in [3.8, 4) is 0 Å². The molecule has 6 nitrogen and oxygen atoms in total. The average molecular weight is 356 g/mol. The van der Waals surface area contributed by atoms with E-state index in [-0.39, 0.29) is 16.5 Å². The van der Waals surface area contributed by atoms with Gasteiger partial charge in [-0.1, -0.05) is 36.4 Å². The summed E-state index contributed by atoms with van der Waals surface area (Å²) in [7, 11) is -3.96. The third-order valence-electron chi connectivity index (χ3n) is 4.67. The zero-order valence-corrected chi connectivity index (χ0v) is 14.1. The van der Waals surface area contributed by atoms with Gasteiger partial charge in [0.15, 0.2) is 0 Å². The van der Waals surface area contributed by atoms with Crippen LogP contribution in [0.5, 0.6) is 0 Å². The van der Waals surface area contributed by atoms with E-state index < -0.39 is 28.4 Å². The Hall–Kier alpha value is -2.67. The molecule has 2 amide bonds. The number of nitrogens with one attached hydrogen (secondary N) is 1. The van der Waals surface area contributed by atoms with E-state index >= 15 is 0 Å². The number of nitrogens with zero attached hydrogens (tertiary/aromatic N) is 1. The Morgan fingerprint density at radius 3 is 2.64 bits per heavy atom. The number of amides is 2. The van der Waals surface area contributed by atoms with E-state index in [2.05, 4.69) is 5.32 Å². The second-order valence-corrected chi connectivity index (χ2v) is 8.00. The van der Waals surface area contributed by atoms with Crippen molar-refractivity contribution in [2.75, 3.05) is 6.54 Å². The largest absolute Gasteiger partial charge is 0.348 e. The molecule has 1 unspecified atom stereocenters. The van der Waals surface area contributed by atoms with E-state index in [4.69, 9.17) is 0 Å². The van der Waals surface area contributed by atoms with Crippen LogP contribution in [0.1, 0.15) is 33.9 Å². The van der Waals surface area contributed by atoms with Gasteiger partial charge in [-0.05, 0) is 36.1 Å². The Kier molecular flexibility index (Phi) is 3.61. The molecule has 0 fully saturated rings. The number of benzene rings is 2. The first-order chi connectivity index (χ1) is 12.0. The molecule has 0 bridgehead atoms. The Morgan fingerprint density at radius 2 is 1.84 bits per heavy atom. The molecule has 4 rings (SSSR count). The molecule has 2 aromatic rings. The molecule has 128 valence electrons. The van der Waals surface area contributed by atoms with Crippen molar-refractivity contribution in [1.82, 2.24) is 9.62 Å². The molecule has 25 heavy (non-hydrogen) atoms. The van der Waals surface area contributed by atoms with Gasteiger partial charge < -0.3 is 5.32 Å². The smallest absolute Gasteiger partial charge is 0.269 e. The predicted octanol–water partition coefficient (Wildman–Crippen LogP) is 1.63. The quantitative estimate of drug-likeness (QED) is 0.906. The molecule has 0 radical (unpaired) electrons. The zero-order valence-electron chi connectivity index (χ0n) is 13.3. The fourth-order valence-electron chi connectivity index (χ4n) is 3.46. The number of aryl methyl sites for hydroxylation is 1. The number of carbonyl (C=O) groups excluding carboxylic acids is 2. The lowest BCUT2D eigenvalue weighted by atomic mass is 10.1. The summed E-state index contributed by atoms with van der Waals surface area (Å²) in [6.45, 7) is -0.505. The Balaban J connectivity index is 1.52. The van der Waals surface area contributed by atoms with Crippen LogP contribution in [0, 0.1) is 0 Å². The van der Waals surface area contributed by atoms with Gasteiger partial charge in [-0.3, -0.25) is 9.59 Å². The van der Waals surface area contributed by atoms with Crippen molar-refractivity contribution in [3.05, 3.63) is 65.2 Å². The van der Waals surface area contributed by atoms with Gasteiger partial charge in [0, 0.05) is 0 Å². The maximum atomic E-state index is 12.5. The number of carbonyl (C=O) groups is 2. The molecule has 2 aromatic carbocycles. The van der Waals surface area contributed by atoms with Crippen LogP contribution in [-0.4, -0.2) is 31.1 Å². The van der Waals surface area contributed by atoms with Gasteiger partial charge in [-0.2, -0.15) is 0 Å². The molecular formula is C18H16N2O4S. The molecule has 0 spiro atoms. The molecule has 1 N–H and O–H groups in total. The van der Waals surface area contributed by atoms with Crippen molar-refractivity contribution in [2.45, 2.75) is 23.8 Å². The van der Waals surface area contributed by atoms with Crippen LogP contribution in [0.3, 0.4) is 0 Å². The zero-order chi connectivity index (χ0) is 17.6. The number of hydrogen-bond acceptors (Lipinski definition) is 4. The van der Waals surface area contributed by atoms with Crippen LogP contribution in [0.15, 0.2) is 53.4 Å². The lowest BCUT2D eigenvalue weighted by Gasteiger charge is -2.18. The Bertz CT molecular complexity index is 984. The van der Waals surface area contributed by atoms with Gasteiger partial charge >= 0.3 is 0 Å². The molecule has 1 aliphatic heterocycles. The van der Waals surface area contributed by atoms with Crippen molar-refractivity contribution < 1.29 is 18.0 Å². The van der Waals surface area contributed by atoms with Crippen LogP contribution in [-0.2, 0) is 21.2 Å². The second kappa shape index (κ2) is 5.70. The van der Waals surface area contributed by atoms with Crippen molar-refractivity contribution in [2.24, 2.45) is 0 Å². The highest BCUT2D eigenvalue weighted by Crippen LogP contribution is 2.32. The predicted molar refractivity (Wildman–Crippen MR) is 90.3 cm³/mol. The Labute approximate surface area is 145 Å². The first-order valence-electron chi connectivity index (χ1n) is 8.02. The second-order valence-electron chi connectivity index (χ2n) is 6.17. The highest BCUT2D eigenvalue weighted by atomic mass is 32.2. The molecule has 2 aliphatic rings. The lowest BCUT2D eigenvalue weighted by Crippen LogP contribution is -2.41. The molecule has 1 aliphatic carbocycles. The standard InChI is InChI=1S/C18H16N2O4S/c21-17(19-15-10-9-12-5-1-2-6-13(12)15)11-20-18(22)14-7-3-4-8-16(14)25(20,23)24/h1-8,15H,9-11H2,(H,19,21). The maximum absolute atomic E-state index is 12.5. The molecule has 7 heteroatoms. The monoisotopic (exact) mass is 356 g/mol. The molecule has 0 saturated carbocycles. The van der Waals surface area contributed by atoms with Gasteiger partial charge in [-0.15, -0.1) is 0 Å². The van der Waals surface area contributed by atoms with E-state index in [1.54, 1.807) is 12.1 Å². The third-order valence-corrected chi connectivity index (χ3v) is 6.45. The Morgan fingerprint density at radius 1 is 1.12 bits per heavy atom. The summed E-state index contributed by atoms with van der Waals surface area (Å²) in [6, 6.07) is 13.7. The summed E-state index contributed by atoms with van der Waals surface area (Å²) in [6.07, 6.45) is 1.64. The van der Waals surface area contributed by atoms with Gasteiger partial charge in [0.2, 0.25) is 5.91 Å². The summed E-state index contributed by atoms with van der Waals surface area (Å²) < 4.78 is 25.6. The van der Waals surface area contributed by atoms with Crippen LogP contribution in [0.2, 0.25) is 0 Å². The van der Waals surface area contributed by atoms with E-state index in [0.717, 1.165) is 18.4 Å². The summed E-state index contributed by atoms with van der Waals surface area (Å²) in [5.41, 5.74) is 2.35. The summed E-state index contributed by atoms with van der Waals surface area (Å²) in [5.74, 6) is -1.14. The first kappa shape index (κ1) is 15.8. The maximum Gasteiger partial charge on any atom is 0.269 e. The SMILES string of the molecule is O=C(CN1C(=O)c2ccccc2S1(=O)=O)NC1CCc2ccccc21. The molecule has 0 saturated heterocycles. The fraction of sp³-hybridized carbons (Fsp3) is 0.222. The molecular weight excluding hydrogens is 340 g/mol. The topological polar surface area (TPSA) is 83.6 Å². The highest BCUT2D eigenvalue weighted by molar-refractivity contribution is 7.90. The van der Waals surface area contributed by atoms with Gasteiger partial charge in [0.25, 0.3) is 15.9 Å². The number of hydrogen-bond donors (Lipinski definition) is 1. The minimum absolute atomic E-state index is 0.0426. The summed E-state index contributed by atoms with van der Waals surface area (Å²) in [4.78, 5) is 24.7. The lowest BCUT2D eigenvalue weighted by molar-refractivity contribution is -0.121. The fourth-order valence-corrected chi connectivity index (χ4v) is 4.99. The summed E-state index contributed by atoms with van der Waals surface area (Å²) >= 11 is 0. The summed E-state index contributed by atoms with van der Waals surface area (Å²) in [5, 5.41) is 2.85. The number of fused-ring (bicyclic) bond motifs is 2. The van der Waals surface area contributed by atoms with Gasteiger partial charge in [0.1, 0.15) is 11.4 Å². The van der Waals surface area contributed by atoms with E-state index in [1.165, 1.54) is 17.7 Å². The molecule has 0 aromatic heterocycles. The van der Waals surface area contributed by atoms with Crippen molar-refractivity contribution >= 4 is 21.8 Å². The van der Waals surface area contributed by atoms with E-state index in [9.17, 15) is 18.0 Å². The minimum Gasteiger partial charge on any atom is -0.348 e. The first-order valence-corrected chi connectivity index (χ1v) is 9.46. The van der Waals surface area contributed by atoms with Crippen molar-refractivity contribution in [3.63, 3.8) is 0 Å². The number of sulfonamides is 1. The number of rotatable bonds is 3. The van der Waals surface area contributed by atoms with Crippen molar-refractivity contribution in [1.29, 1.82) is 0 Å². The minimum atomic E-state index is -3.96.